The van der Waals surface area contributed by atoms with E-state index in [0.717, 1.165) is 12.8 Å². The highest BCUT2D eigenvalue weighted by atomic mass is 19.3. The molecule has 1 rings (SSSR count). The molecule has 1 aliphatic rings. The van der Waals surface area contributed by atoms with E-state index in [4.69, 9.17) is 0 Å². The third kappa shape index (κ3) is 1.88. The van der Waals surface area contributed by atoms with Gasteiger partial charge < -0.3 is 4.90 Å². The summed E-state index contributed by atoms with van der Waals surface area (Å²) in [6.07, 6.45) is -1.07. The van der Waals surface area contributed by atoms with Crippen LogP contribution in [0.5, 0.6) is 0 Å². The maximum absolute atomic E-state index is 11.9. The molecule has 0 saturated heterocycles. The molecule has 1 fully saturated rings. The van der Waals surface area contributed by atoms with Gasteiger partial charge in [-0.05, 0) is 19.8 Å². The van der Waals surface area contributed by atoms with E-state index in [0.29, 0.717) is 6.54 Å². The average molecular weight is 163 g/mol. The van der Waals surface area contributed by atoms with Gasteiger partial charge in [-0.3, -0.25) is 4.79 Å². The minimum atomic E-state index is -2.84. The van der Waals surface area contributed by atoms with Crippen molar-refractivity contribution >= 4 is 5.91 Å². The van der Waals surface area contributed by atoms with E-state index in [2.05, 4.69) is 0 Å². The normalized spacial score (nSPS) is 17.1. The largest absolute Gasteiger partial charge is 0.335 e. The van der Waals surface area contributed by atoms with E-state index < -0.39 is 12.3 Å². The molecule has 0 aromatic heterocycles. The van der Waals surface area contributed by atoms with Gasteiger partial charge in [0.2, 0.25) is 0 Å². The van der Waals surface area contributed by atoms with E-state index in [1.165, 1.54) is 4.90 Å². The lowest BCUT2D eigenvalue weighted by Gasteiger charge is -2.19. The Hall–Kier alpha value is -0.670. The summed E-state index contributed by atoms with van der Waals surface area (Å²) in [4.78, 5) is 12.0. The Bertz CT molecular complexity index is 157. The average Bonchev–Trinajstić information content (AvgIpc) is 2.72. The molecule has 1 amide bonds. The van der Waals surface area contributed by atoms with Crippen LogP contribution in [-0.2, 0) is 4.79 Å². The standard InChI is InChI=1S/C7H11F2NO/c1-2-10(5-3-4-5)7(11)6(8)9/h5-6H,2-4H2,1H3. The molecule has 64 valence electrons. The Morgan fingerprint density at radius 1 is 1.64 bits per heavy atom. The van der Waals surface area contributed by atoms with Gasteiger partial charge in [0.25, 0.3) is 5.91 Å². The van der Waals surface area contributed by atoms with Crippen LogP contribution in [0.15, 0.2) is 0 Å². The van der Waals surface area contributed by atoms with Gasteiger partial charge in [0.1, 0.15) is 0 Å². The number of amides is 1. The molecule has 1 aliphatic carbocycles. The van der Waals surface area contributed by atoms with E-state index in [1.54, 1.807) is 6.92 Å². The van der Waals surface area contributed by atoms with E-state index in [-0.39, 0.29) is 6.04 Å². The van der Waals surface area contributed by atoms with Crippen molar-refractivity contribution in [3.8, 4) is 0 Å². The van der Waals surface area contributed by atoms with Gasteiger partial charge in [-0.2, -0.15) is 8.78 Å². The molecule has 0 unspecified atom stereocenters. The van der Waals surface area contributed by atoms with E-state index in [1.807, 2.05) is 0 Å². The maximum atomic E-state index is 11.9. The van der Waals surface area contributed by atoms with E-state index in [9.17, 15) is 13.6 Å². The van der Waals surface area contributed by atoms with Crippen molar-refractivity contribution in [2.45, 2.75) is 32.2 Å². The highest BCUT2D eigenvalue weighted by Crippen LogP contribution is 2.27. The van der Waals surface area contributed by atoms with Gasteiger partial charge in [0.15, 0.2) is 0 Å². The Morgan fingerprint density at radius 2 is 2.18 bits per heavy atom. The lowest BCUT2D eigenvalue weighted by molar-refractivity contribution is -0.143. The Morgan fingerprint density at radius 3 is 2.45 bits per heavy atom. The summed E-state index contributed by atoms with van der Waals surface area (Å²) in [5.41, 5.74) is 0. The van der Waals surface area contributed by atoms with Gasteiger partial charge in [-0.1, -0.05) is 0 Å². The second-order valence-corrected chi connectivity index (χ2v) is 2.66. The second-order valence-electron chi connectivity index (χ2n) is 2.66. The molecule has 0 bridgehead atoms. The topological polar surface area (TPSA) is 20.3 Å². The highest BCUT2D eigenvalue weighted by Gasteiger charge is 2.34. The fourth-order valence-electron chi connectivity index (χ4n) is 1.11. The lowest BCUT2D eigenvalue weighted by Crippen LogP contribution is -2.37. The lowest BCUT2D eigenvalue weighted by atomic mass is 10.4. The number of rotatable bonds is 3. The fourth-order valence-corrected chi connectivity index (χ4v) is 1.11. The SMILES string of the molecule is CCN(C(=O)C(F)F)C1CC1. The summed E-state index contributed by atoms with van der Waals surface area (Å²) in [7, 11) is 0. The van der Waals surface area contributed by atoms with Gasteiger partial charge in [0, 0.05) is 12.6 Å². The number of carbonyl (C=O) groups excluding carboxylic acids is 1. The van der Waals surface area contributed by atoms with Crippen LogP contribution in [0.3, 0.4) is 0 Å². The molecule has 0 spiro atoms. The number of nitrogens with zero attached hydrogens (tertiary/aromatic N) is 1. The third-order valence-corrected chi connectivity index (χ3v) is 1.80. The maximum Gasteiger partial charge on any atom is 0.315 e. The molecule has 11 heavy (non-hydrogen) atoms. The second kappa shape index (κ2) is 3.15. The van der Waals surface area contributed by atoms with Crippen molar-refractivity contribution in [2.24, 2.45) is 0 Å². The Labute approximate surface area is 64.2 Å². The molecule has 1 saturated carbocycles. The van der Waals surface area contributed by atoms with Crippen LogP contribution in [0.2, 0.25) is 0 Å². The van der Waals surface area contributed by atoms with Gasteiger partial charge in [-0.25, -0.2) is 0 Å². The van der Waals surface area contributed by atoms with Gasteiger partial charge in [-0.15, -0.1) is 0 Å². The first-order valence-electron chi connectivity index (χ1n) is 3.75. The van der Waals surface area contributed by atoms with Crippen LogP contribution in [0.4, 0.5) is 8.78 Å². The van der Waals surface area contributed by atoms with Gasteiger partial charge in [0.05, 0.1) is 0 Å². The molecule has 2 nitrogen and oxygen atoms in total. The Kier molecular flexibility index (Phi) is 2.42. The number of carbonyl (C=O) groups is 1. The van der Waals surface area contributed by atoms with Crippen molar-refractivity contribution in [1.82, 2.24) is 4.90 Å². The van der Waals surface area contributed by atoms with Crippen LogP contribution in [-0.4, -0.2) is 29.8 Å². The molecular formula is C7H11F2NO. The first kappa shape index (κ1) is 8.43. The Balaban J connectivity index is 2.46. The van der Waals surface area contributed by atoms with Gasteiger partial charge >= 0.3 is 6.43 Å². The quantitative estimate of drug-likeness (QED) is 0.613. The predicted molar refractivity (Wildman–Crippen MR) is 36.4 cm³/mol. The first-order valence-corrected chi connectivity index (χ1v) is 3.75. The minimum Gasteiger partial charge on any atom is -0.335 e. The zero-order valence-corrected chi connectivity index (χ0v) is 6.39. The zero-order chi connectivity index (χ0) is 8.43. The molecule has 0 aromatic rings. The summed E-state index contributed by atoms with van der Waals surface area (Å²) in [6.45, 7) is 2.12. The predicted octanol–water partition coefficient (Wildman–Crippen LogP) is 1.26. The van der Waals surface area contributed by atoms with Crippen molar-refractivity contribution in [3.05, 3.63) is 0 Å². The van der Waals surface area contributed by atoms with Crippen LogP contribution in [0.1, 0.15) is 19.8 Å². The van der Waals surface area contributed by atoms with Crippen LogP contribution >= 0.6 is 0 Å². The molecule has 0 aromatic carbocycles. The fraction of sp³-hybridized carbons (Fsp3) is 0.857. The summed E-state index contributed by atoms with van der Waals surface area (Å²) in [5, 5.41) is 0. The molecular weight excluding hydrogens is 152 g/mol. The first-order chi connectivity index (χ1) is 5.16. The zero-order valence-electron chi connectivity index (χ0n) is 6.39. The summed E-state index contributed by atoms with van der Waals surface area (Å²) >= 11 is 0. The van der Waals surface area contributed by atoms with Crippen LogP contribution < -0.4 is 0 Å². The number of hydrogen-bond acceptors (Lipinski definition) is 1. The monoisotopic (exact) mass is 163 g/mol. The molecule has 0 aliphatic heterocycles. The highest BCUT2D eigenvalue weighted by molar-refractivity contribution is 5.79. The number of halogens is 2. The molecule has 4 heteroatoms. The van der Waals surface area contributed by atoms with E-state index >= 15 is 0 Å². The summed E-state index contributed by atoms with van der Waals surface area (Å²) in [5.74, 6) is -1.02. The third-order valence-electron chi connectivity index (χ3n) is 1.80. The molecule has 0 N–H and O–H groups in total. The van der Waals surface area contributed by atoms with Crippen molar-refractivity contribution < 1.29 is 13.6 Å². The van der Waals surface area contributed by atoms with Crippen molar-refractivity contribution in [3.63, 3.8) is 0 Å². The molecule has 0 heterocycles. The van der Waals surface area contributed by atoms with Crippen molar-refractivity contribution in [2.75, 3.05) is 6.54 Å². The van der Waals surface area contributed by atoms with Crippen LogP contribution in [0, 0.1) is 0 Å². The van der Waals surface area contributed by atoms with Crippen LogP contribution in [0.25, 0.3) is 0 Å². The molecule has 0 radical (unpaired) electrons. The minimum absolute atomic E-state index is 0.0986. The summed E-state index contributed by atoms with van der Waals surface area (Å²) < 4.78 is 23.7. The number of alkyl halides is 2. The smallest absolute Gasteiger partial charge is 0.315 e. The number of hydrogen-bond donors (Lipinski definition) is 0. The summed E-state index contributed by atoms with van der Waals surface area (Å²) in [6, 6.07) is 0.0986. The molecule has 0 atom stereocenters. The van der Waals surface area contributed by atoms with Crippen molar-refractivity contribution in [1.29, 1.82) is 0 Å².